The van der Waals surface area contributed by atoms with E-state index in [1.807, 2.05) is 36.7 Å². The molecule has 18 heavy (non-hydrogen) atoms. The lowest BCUT2D eigenvalue weighted by Crippen LogP contribution is -1.96. The Kier molecular flexibility index (Phi) is 3.02. The van der Waals surface area contributed by atoms with Crippen LogP contribution in [0.4, 0.5) is 0 Å². The van der Waals surface area contributed by atoms with Crippen LogP contribution in [0.1, 0.15) is 12.0 Å². The van der Waals surface area contributed by atoms with Gasteiger partial charge in [-0.05, 0) is 30.5 Å². The molecular weight excluding hydrogens is 248 g/mol. The van der Waals surface area contributed by atoms with Crippen molar-refractivity contribution in [3.05, 3.63) is 42.2 Å². The van der Waals surface area contributed by atoms with E-state index in [0.717, 1.165) is 29.8 Å². The Morgan fingerprint density at radius 2 is 2.17 bits per heavy atom. The lowest BCUT2D eigenvalue weighted by Gasteiger charge is -1.93. The first-order chi connectivity index (χ1) is 8.86. The van der Waals surface area contributed by atoms with E-state index in [1.165, 1.54) is 5.56 Å². The van der Waals surface area contributed by atoms with Crippen molar-refractivity contribution in [1.82, 2.24) is 19.7 Å². The largest absolute Gasteiger partial charge is 0.322 e. The second-order valence-corrected chi connectivity index (χ2v) is 4.54. The van der Waals surface area contributed by atoms with Gasteiger partial charge in [0.05, 0.1) is 17.2 Å². The van der Waals surface area contributed by atoms with Crippen molar-refractivity contribution in [2.24, 2.45) is 0 Å². The third-order valence-electron chi connectivity index (χ3n) is 2.83. The summed E-state index contributed by atoms with van der Waals surface area (Å²) in [6.45, 7) is 0. The number of alkyl halides is 1. The van der Waals surface area contributed by atoms with Gasteiger partial charge >= 0.3 is 0 Å². The highest BCUT2D eigenvalue weighted by Crippen LogP contribution is 2.13. The lowest BCUT2D eigenvalue weighted by atomic mass is 10.2. The number of halogens is 1. The Bertz CT molecular complexity index is 623. The number of hydrogen-bond donors (Lipinski definition) is 1. The zero-order valence-corrected chi connectivity index (χ0v) is 10.6. The molecule has 0 aliphatic rings. The third kappa shape index (κ3) is 2.11. The van der Waals surface area contributed by atoms with E-state index in [1.54, 1.807) is 4.68 Å². The number of H-pyrrole nitrogens is 1. The molecule has 0 aliphatic carbocycles. The average Bonchev–Trinajstić information content (AvgIpc) is 3.02. The van der Waals surface area contributed by atoms with E-state index in [2.05, 4.69) is 15.1 Å². The topological polar surface area (TPSA) is 46.5 Å². The molecule has 0 atom stereocenters. The van der Waals surface area contributed by atoms with Crippen molar-refractivity contribution >= 4 is 22.6 Å². The van der Waals surface area contributed by atoms with Crippen molar-refractivity contribution in [3.63, 3.8) is 0 Å². The molecule has 0 amide bonds. The molecule has 0 aliphatic heterocycles. The number of imidazole rings is 1. The summed E-state index contributed by atoms with van der Waals surface area (Å²) >= 11 is 5.68. The minimum atomic E-state index is 0.676. The van der Waals surface area contributed by atoms with Crippen LogP contribution in [0.2, 0.25) is 0 Å². The first-order valence-electron chi connectivity index (χ1n) is 5.91. The summed E-state index contributed by atoms with van der Waals surface area (Å²) in [5.41, 5.74) is 3.15. The molecule has 92 valence electrons. The van der Waals surface area contributed by atoms with Crippen molar-refractivity contribution in [1.29, 1.82) is 0 Å². The minimum absolute atomic E-state index is 0.676. The number of hydrogen-bond acceptors (Lipinski definition) is 2. The molecule has 2 heterocycles. The molecule has 3 rings (SSSR count). The number of nitrogens with one attached hydrogen (secondary N) is 1. The SMILES string of the molecule is ClCCCc1cnn(-c2nc3ccccc3[nH]2)c1. The third-order valence-corrected chi connectivity index (χ3v) is 3.10. The number of aryl methyl sites for hydroxylation is 1. The minimum Gasteiger partial charge on any atom is -0.322 e. The van der Waals surface area contributed by atoms with Gasteiger partial charge in [0.1, 0.15) is 0 Å². The predicted octanol–water partition coefficient (Wildman–Crippen LogP) is 2.92. The maximum Gasteiger partial charge on any atom is 0.229 e. The molecule has 0 fully saturated rings. The smallest absolute Gasteiger partial charge is 0.229 e. The summed E-state index contributed by atoms with van der Waals surface area (Å²) in [5.74, 6) is 1.42. The molecular formula is C13H13ClN4. The Morgan fingerprint density at radius 3 is 3.00 bits per heavy atom. The first-order valence-corrected chi connectivity index (χ1v) is 6.45. The number of aromatic amines is 1. The number of para-hydroxylation sites is 2. The summed E-state index contributed by atoms with van der Waals surface area (Å²) in [6.07, 6.45) is 5.76. The highest BCUT2D eigenvalue weighted by Gasteiger charge is 2.05. The number of nitrogens with zero attached hydrogens (tertiary/aromatic N) is 3. The van der Waals surface area contributed by atoms with Gasteiger partial charge in [-0.1, -0.05) is 12.1 Å². The van der Waals surface area contributed by atoms with Gasteiger partial charge < -0.3 is 4.98 Å². The van der Waals surface area contributed by atoms with Gasteiger partial charge in [-0.2, -0.15) is 5.10 Å². The predicted molar refractivity (Wildman–Crippen MR) is 72.3 cm³/mol. The summed E-state index contributed by atoms with van der Waals surface area (Å²) in [7, 11) is 0. The van der Waals surface area contributed by atoms with Gasteiger partial charge in [0, 0.05) is 12.1 Å². The van der Waals surface area contributed by atoms with Crippen molar-refractivity contribution < 1.29 is 0 Å². The molecule has 0 radical (unpaired) electrons. The summed E-state index contributed by atoms with van der Waals surface area (Å²) in [5, 5.41) is 4.31. The van der Waals surface area contributed by atoms with Crippen LogP contribution in [0, 0.1) is 0 Å². The van der Waals surface area contributed by atoms with E-state index < -0.39 is 0 Å². The fourth-order valence-corrected chi connectivity index (χ4v) is 2.06. The van der Waals surface area contributed by atoms with E-state index in [-0.39, 0.29) is 0 Å². The first kappa shape index (κ1) is 11.3. The molecule has 3 aromatic rings. The Labute approximate surface area is 110 Å². The molecule has 2 aromatic heterocycles. The number of aromatic nitrogens is 4. The van der Waals surface area contributed by atoms with Gasteiger partial charge in [0.15, 0.2) is 0 Å². The van der Waals surface area contributed by atoms with E-state index in [0.29, 0.717) is 5.88 Å². The van der Waals surface area contributed by atoms with Crippen molar-refractivity contribution in [2.45, 2.75) is 12.8 Å². The molecule has 1 N–H and O–H groups in total. The van der Waals surface area contributed by atoms with Gasteiger partial charge in [-0.15, -0.1) is 11.6 Å². The summed E-state index contributed by atoms with van der Waals surface area (Å²) < 4.78 is 1.77. The number of rotatable bonds is 4. The normalized spacial score (nSPS) is 11.2. The van der Waals surface area contributed by atoms with Gasteiger partial charge in [0.2, 0.25) is 5.95 Å². The second kappa shape index (κ2) is 4.82. The van der Waals surface area contributed by atoms with Crippen LogP contribution in [0.5, 0.6) is 0 Å². The van der Waals surface area contributed by atoms with Gasteiger partial charge in [-0.3, -0.25) is 0 Å². The Morgan fingerprint density at radius 1 is 1.28 bits per heavy atom. The Balaban J connectivity index is 1.91. The van der Waals surface area contributed by atoms with Crippen LogP contribution in [0.3, 0.4) is 0 Å². The fraction of sp³-hybridized carbons (Fsp3) is 0.231. The van der Waals surface area contributed by atoms with Crippen LogP contribution < -0.4 is 0 Å². The summed E-state index contributed by atoms with van der Waals surface area (Å²) in [4.78, 5) is 7.74. The maximum atomic E-state index is 5.68. The van der Waals surface area contributed by atoms with Crippen LogP contribution in [0.25, 0.3) is 17.0 Å². The molecule has 5 heteroatoms. The van der Waals surface area contributed by atoms with E-state index in [9.17, 15) is 0 Å². The molecule has 4 nitrogen and oxygen atoms in total. The number of benzene rings is 1. The van der Waals surface area contributed by atoms with E-state index >= 15 is 0 Å². The highest BCUT2D eigenvalue weighted by molar-refractivity contribution is 6.17. The van der Waals surface area contributed by atoms with Gasteiger partial charge in [0.25, 0.3) is 0 Å². The Hall–Kier alpha value is -1.81. The van der Waals surface area contributed by atoms with Crippen molar-refractivity contribution in [2.75, 3.05) is 5.88 Å². The summed E-state index contributed by atoms with van der Waals surface area (Å²) in [6, 6.07) is 7.94. The quantitative estimate of drug-likeness (QED) is 0.733. The molecule has 0 unspecified atom stereocenters. The van der Waals surface area contributed by atoms with Crippen LogP contribution in [-0.2, 0) is 6.42 Å². The maximum absolute atomic E-state index is 5.68. The molecule has 0 saturated carbocycles. The fourth-order valence-electron chi connectivity index (χ4n) is 1.92. The molecule has 1 aromatic carbocycles. The monoisotopic (exact) mass is 260 g/mol. The molecule has 0 spiro atoms. The van der Waals surface area contributed by atoms with Crippen molar-refractivity contribution in [3.8, 4) is 5.95 Å². The van der Waals surface area contributed by atoms with Crippen LogP contribution >= 0.6 is 11.6 Å². The molecule has 0 saturated heterocycles. The van der Waals surface area contributed by atoms with Crippen LogP contribution in [0.15, 0.2) is 36.7 Å². The second-order valence-electron chi connectivity index (χ2n) is 4.16. The molecule has 0 bridgehead atoms. The zero-order valence-electron chi connectivity index (χ0n) is 9.81. The average molecular weight is 261 g/mol. The highest BCUT2D eigenvalue weighted by atomic mass is 35.5. The van der Waals surface area contributed by atoms with E-state index in [4.69, 9.17) is 11.6 Å². The zero-order chi connectivity index (χ0) is 12.4. The standard InChI is InChI=1S/C13H13ClN4/c14-7-3-4-10-8-15-18(9-10)13-16-11-5-1-2-6-12(11)17-13/h1-2,5-6,8-9H,3-4,7H2,(H,16,17). The lowest BCUT2D eigenvalue weighted by molar-refractivity contribution is 0.827. The van der Waals surface area contributed by atoms with Gasteiger partial charge in [-0.25, -0.2) is 9.67 Å². The van der Waals surface area contributed by atoms with Crippen LogP contribution in [-0.4, -0.2) is 25.6 Å². The number of fused-ring (bicyclic) bond motifs is 1.